The Morgan fingerprint density at radius 3 is 2.79 bits per heavy atom. The quantitative estimate of drug-likeness (QED) is 0.920. The lowest BCUT2D eigenvalue weighted by Gasteiger charge is -2.44. The first-order valence-corrected chi connectivity index (χ1v) is 9.04. The Labute approximate surface area is 140 Å². The maximum absolute atomic E-state index is 13.8. The molecule has 5 heterocycles. The summed E-state index contributed by atoms with van der Waals surface area (Å²) in [5.74, 6) is 0.307. The lowest BCUT2D eigenvalue weighted by molar-refractivity contribution is 0.0621. The second kappa shape index (κ2) is 5.31. The summed E-state index contributed by atoms with van der Waals surface area (Å²) in [6.07, 6.45) is 4.31. The van der Waals surface area contributed by atoms with Gasteiger partial charge in [0.15, 0.2) is 0 Å². The van der Waals surface area contributed by atoms with Crippen molar-refractivity contribution in [1.29, 1.82) is 0 Å². The molecule has 3 fully saturated rings. The zero-order valence-corrected chi connectivity index (χ0v) is 13.7. The number of hydrogen-bond acceptors (Lipinski definition) is 2. The zero-order chi connectivity index (χ0) is 16.3. The van der Waals surface area contributed by atoms with Crippen LogP contribution in [0.1, 0.15) is 35.3 Å². The van der Waals surface area contributed by atoms with Crippen LogP contribution in [0.4, 0.5) is 4.39 Å². The largest absolute Gasteiger partial charge is 0.348 e. The van der Waals surface area contributed by atoms with E-state index in [0.29, 0.717) is 11.5 Å². The molecule has 24 heavy (non-hydrogen) atoms. The van der Waals surface area contributed by atoms with Crippen LogP contribution in [0.2, 0.25) is 0 Å². The van der Waals surface area contributed by atoms with E-state index in [-0.39, 0.29) is 17.8 Å². The van der Waals surface area contributed by atoms with Crippen molar-refractivity contribution in [3.8, 4) is 0 Å². The van der Waals surface area contributed by atoms with Gasteiger partial charge < -0.3 is 14.8 Å². The Morgan fingerprint density at radius 2 is 2.04 bits per heavy atom. The fourth-order valence-corrected chi connectivity index (χ4v) is 4.92. The minimum atomic E-state index is -0.274. The maximum Gasteiger partial charge on any atom is 0.254 e. The van der Waals surface area contributed by atoms with Crippen LogP contribution < -0.4 is 5.32 Å². The number of aryl methyl sites for hydroxylation is 1. The van der Waals surface area contributed by atoms with Crippen molar-refractivity contribution in [3.05, 3.63) is 35.3 Å². The molecule has 4 nitrogen and oxygen atoms in total. The number of halogens is 1. The van der Waals surface area contributed by atoms with Gasteiger partial charge in [0.25, 0.3) is 5.91 Å². The summed E-state index contributed by atoms with van der Waals surface area (Å²) in [7, 11) is 0. The van der Waals surface area contributed by atoms with E-state index >= 15 is 0 Å². The second-order valence-corrected chi connectivity index (χ2v) is 7.46. The van der Waals surface area contributed by atoms with Crippen molar-refractivity contribution in [1.82, 2.24) is 14.8 Å². The molecule has 126 valence electrons. The number of piperidine rings is 3. The first-order valence-electron chi connectivity index (χ1n) is 9.04. The number of rotatable bonds is 2. The Hall–Kier alpha value is -1.88. The molecule has 1 N–H and O–H groups in total. The Bertz CT molecular complexity index is 820. The highest BCUT2D eigenvalue weighted by atomic mass is 19.1. The smallest absolute Gasteiger partial charge is 0.254 e. The summed E-state index contributed by atoms with van der Waals surface area (Å²) in [5, 5.41) is 4.04. The molecule has 2 bridgehead atoms. The SMILES string of the molecule is O=C(N[C@H]1CN2CCC1CC2)c1c2n(c3ccc(F)cc13)CCC2. The standard InChI is InChI=1S/C19H22FN3O/c20-13-3-4-16-14(10-13)18(17-2-1-7-23(16)17)19(24)21-15-11-22-8-5-12(15)6-9-22/h3-4,10,12,15H,1-2,5-9,11H2,(H,21,24)/t15-/m0/s1. The predicted molar refractivity (Wildman–Crippen MR) is 90.6 cm³/mol. The van der Waals surface area contributed by atoms with E-state index in [1.54, 1.807) is 0 Å². The van der Waals surface area contributed by atoms with E-state index < -0.39 is 0 Å². The zero-order valence-electron chi connectivity index (χ0n) is 13.7. The molecule has 0 saturated carbocycles. The molecule has 0 aliphatic carbocycles. The van der Waals surface area contributed by atoms with Crippen molar-refractivity contribution in [2.75, 3.05) is 19.6 Å². The van der Waals surface area contributed by atoms with Crippen molar-refractivity contribution in [2.45, 2.75) is 38.3 Å². The second-order valence-electron chi connectivity index (χ2n) is 7.46. The van der Waals surface area contributed by atoms with Crippen molar-refractivity contribution >= 4 is 16.8 Å². The Morgan fingerprint density at radius 1 is 1.21 bits per heavy atom. The van der Waals surface area contributed by atoms with Crippen LogP contribution in [0.3, 0.4) is 0 Å². The van der Waals surface area contributed by atoms with Gasteiger partial charge in [-0.25, -0.2) is 4.39 Å². The normalized spacial score (nSPS) is 28.3. The number of carbonyl (C=O) groups excluding carboxylic acids is 1. The fraction of sp³-hybridized carbons (Fsp3) is 0.526. The first kappa shape index (κ1) is 14.5. The molecule has 2 aromatic rings. The van der Waals surface area contributed by atoms with E-state index in [2.05, 4.69) is 14.8 Å². The molecule has 3 saturated heterocycles. The number of benzene rings is 1. The van der Waals surface area contributed by atoms with Crippen molar-refractivity contribution in [2.24, 2.45) is 5.92 Å². The molecule has 1 aromatic carbocycles. The third-order valence-corrected chi connectivity index (χ3v) is 6.13. The average Bonchev–Trinajstić information content (AvgIpc) is 3.15. The van der Waals surface area contributed by atoms with Gasteiger partial charge in [0.1, 0.15) is 5.82 Å². The third-order valence-electron chi connectivity index (χ3n) is 6.13. The minimum Gasteiger partial charge on any atom is -0.348 e. The summed E-state index contributed by atoms with van der Waals surface area (Å²) in [4.78, 5) is 15.5. The van der Waals surface area contributed by atoms with Crippen LogP contribution in [0.15, 0.2) is 18.2 Å². The van der Waals surface area contributed by atoms with Crippen molar-refractivity contribution in [3.63, 3.8) is 0 Å². The molecule has 4 aliphatic heterocycles. The number of aromatic nitrogens is 1. The van der Waals surface area contributed by atoms with Gasteiger partial charge in [-0.1, -0.05) is 0 Å². The van der Waals surface area contributed by atoms with Gasteiger partial charge in [0, 0.05) is 35.7 Å². The van der Waals surface area contributed by atoms with E-state index in [1.165, 1.54) is 25.0 Å². The molecule has 1 atom stereocenters. The number of carbonyl (C=O) groups is 1. The highest BCUT2D eigenvalue weighted by Crippen LogP contribution is 2.33. The maximum atomic E-state index is 13.8. The summed E-state index contributed by atoms with van der Waals surface area (Å²) < 4.78 is 16.0. The number of amides is 1. The molecule has 0 unspecified atom stereocenters. The lowest BCUT2D eigenvalue weighted by Crippen LogP contribution is -2.57. The molecule has 0 spiro atoms. The summed E-state index contributed by atoms with van der Waals surface area (Å²) in [5.41, 5.74) is 2.77. The Kier molecular flexibility index (Phi) is 3.20. The first-order chi connectivity index (χ1) is 11.7. The van der Waals surface area contributed by atoms with Gasteiger partial charge in [0.05, 0.1) is 5.56 Å². The van der Waals surface area contributed by atoms with E-state index in [4.69, 9.17) is 0 Å². The van der Waals surface area contributed by atoms with Gasteiger partial charge in [-0.15, -0.1) is 0 Å². The summed E-state index contributed by atoms with van der Waals surface area (Å²) >= 11 is 0. The van der Waals surface area contributed by atoms with Crippen LogP contribution in [0.5, 0.6) is 0 Å². The lowest BCUT2D eigenvalue weighted by atomic mass is 9.84. The molecule has 5 heteroatoms. The number of fused-ring (bicyclic) bond motifs is 6. The van der Waals surface area contributed by atoms with Crippen LogP contribution in [0, 0.1) is 11.7 Å². The molecule has 1 aromatic heterocycles. The predicted octanol–water partition coefficient (Wildman–Crippen LogP) is 2.55. The van der Waals surface area contributed by atoms with E-state index in [0.717, 1.165) is 55.6 Å². The van der Waals surface area contributed by atoms with Crippen LogP contribution in [-0.2, 0) is 13.0 Å². The molecule has 1 amide bonds. The third kappa shape index (κ3) is 2.10. The van der Waals surface area contributed by atoms with Gasteiger partial charge in [-0.2, -0.15) is 0 Å². The molecule has 0 radical (unpaired) electrons. The highest BCUT2D eigenvalue weighted by Gasteiger charge is 2.36. The van der Waals surface area contributed by atoms with Crippen LogP contribution >= 0.6 is 0 Å². The van der Waals surface area contributed by atoms with Gasteiger partial charge in [-0.3, -0.25) is 4.79 Å². The number of nitrogens with one attached hydrogen (secondary N) is 1. The number of nitrogens with zero attached hydrogens (tertiary/aromatic N) is 2. The molecule has 4 aliphatic rings. The number of hydrogen-bond donors (Lipinski definition) is 1. The average molecular weight is 327 g/mol. The van der Waals surface area contributed by atoms with E-state index in [9.17, 15) is 9.18 Å². The van der Waals surface area contributed by atoms with Gasteiger partial charge in [-0.05, 0) is 62.9 Å². The van der Waals surface area contributed by atoms with Gasteiger partial charge in [0.2, 0.25) is 0 Å². The van der Waals surface area contributed by atoms with Crippen LogP contribution in [0.25, 0.3) is 10.9 Å². The summed E-state index contributed by atoms with van der Waals surface area (Å²) in [6.45, 7) is 4.20. The molecule has 6 rings (SSSR count). The topological polar surface area (TPSA) is 37.3 Å². The van der Waals surface area contributed by atoms with E-state index in [1.807, 2.05) is 6.07 Å². The molecular formula is C19H22FN3O. The van der Waals surface area contributed by atoms with Gasteiger partial charge >= 0.3 is 0 Å². The summed E-state index contributed by atoms with van der Waals surface area (Å²) in [6, 6.07) is 5.06. The fourth-order valence-electron chi connectivity index (χ4n) is 4.92. The highest BCUT2D eigenvalue weighted by molar-refractivity contribution is 6.08. The monoisotopic (exact) mass is 327 g/mol. The molecular weight excluding hydrogens is 305 g/mol. The van der Waals surface area contributed by atoms with Crippen molar-refractivity contribution < 1.29 is 9.18 Å². The minimum absolute atomic E-state index is 0.0139. The van der Waals surface area contributed by atoms with Crippen LogP contribution in [-0.4, -0.2) is 41.1 Å². The Balaban J connectivity index is 1.52.